The molecule has 0 radical (unpaired) electrons. The maximum absolute atomic E-state index is 12.9. The molecule has 7 nitrogen and oxygen atoms in total. The third kappa shape index (κ3) is 3.75. The lowest BCUT2D eigenvalue weighted by Gasteiger charge is -2.12. The maximum atomic E-state index is 12.9. The van der Waals surface area contributed by atoms with Crippen LogP contribution in [0.1, 0.15) is 11.4 Å². The molecule has 3 rings (SSSR count). The predicted octanol–water partition coefficient (Wildman–Crippen LogP) is 3.01. The number of nitrogens with one attached hydrogen (secondary N) is 1. The number of anilines is 1. The smallest absolute Gasteiger partial charge is 0.397 e. The van der Waals surface area contributed by atoms with Crippen molar-refractivity contribution in [2.75, 3.05) is 5.73 Å². The van der Waals surface area contributed by atoms with Gasteiger partial charge in [0.2, 0.25) is 0 Å². The van der Waals surface area contributed by atoms with Crippen LogP contribution in [0.25, 0.3) is 5.69 Å². The Kier molecular flexibility index (Phi) is 5.05. The zero-order valence-corrected chi connectivity index (χ0v) is 15.2. The van der Waals surface area contributed by atoms with E-state index in [1.54, 1.807) is 18.2 Å². The fraction of sp³-hybridized carbons (Fsp3) is 0.143. The van der Waals surface area contributed by atoms with E-state index in [-0.39, 0.29) is 11.4 Å². The summed E-state index contributed by atoms with van der Waals surface area (Å²) in [6.45, 7) is 0. The van der Waals surface area contributed by atoms with Gasteiger partial charge in [-0.2, -0.15) is 17.9 Å². The highest BCUT2D eigenvalue weighted by molar-refractivity contribution is 9.10. The monoisotopic (exact) mass is 446 g/mol. The van der Waals surface area contributed by atoms with Gasteiger partial charge in [0, 0.05) is 15.1 Å². The Balaban J connectivity index is 1.92. The number of rotatable bonds is 4. The Morgan fingerprint density at radius 2 is 2.04 bits per heavy atom. The molecule has 0 aliphatic heterocycles. The summed E-state index contributed by atoms with van der Waals surface area (Å²) in [6, 6.07) is 7.70. The number of aromatic amines is 1. The first-order valence-corrected chi connectivity index (χ1v) is 8.80. The van der Waals surface area contributed by atoms with Crippen LogP contribution >= 0.6 is 27.7 Å². The van der Waals surface area contributed by atoms with Crippen LogP contribution in [-0.4, -0.2) is 25.2 Å². The number of tetrazole rings is 1. The molecule has 0 saturated carbocycles. The number of benzene rings is 1. The molecule has 1 aromatic carbocycles. The van der Waals surface area contributed by atoms with Crippen LogP contribution in [0.3, 0.4) is 0 Å². The van der Waals surface area contributed by atoms with Crippen LogP contribution < -0.4 is 11.4 Å². The van der Waals surface area contributed by atoms with Crippen LogP contribution in [0.5, 0.6) is 0 Å². The summed E-state index contributed by atoms with van der Waals surface area (Å²) in [5.41, 5.74) is 3.92. The molecular weight excluding hydrogens is 437 g/mol. The number of hydrogen-bond donors (Lipinski definition) is 2. The van der Waals surface area contributed by atoms with Crippen molar-refractivity contribution in [3.05, 3.63) is 56.7 Å². The van der Waals surface area contributed by atoms with Crippen molar-refractivity contribution in [3.63, 3.8) is 0 Å². The van der Waals surface area contributed by atoms with Crippen molar-refractivity contribution in [2.24, 2.45) is 0 Å². The molecule has 136 valence electrons. The molecule has 0 amide bonds. The quantitative estimate of drug-likeness (QED) is 0.597. The fourth-order valence-electron chi connectivity index (χ4n) is 2.13. The van der Waals surface area contributed by atoms with Gasteiger partial charge < -0.3 is 5.73 Å². The zero-order valence-electron chi connectivity index (χ0n) is 12.8. The second-order valence-electron chi connectivity index (χ2n) is 5.03. The second-order valence-corrected chi connectivity index (χ2v) is 6.87. The van der Waals surface area contributed by atoms with Crippen molar-refractivity contribution in [3.8, 4) is 5.69 Å². The molecule has 0 spiro atoms. The largest absolute Gasteiger partial charge is 0.435 e. The zero-order chi connectivity index (χ0) is 18.9. The first kappa shape index (κ1) is 18.5. The number of pyridine rings is 1. The second kappa shape index (κ2) is 7.11. The van der Waals surface area contributed by atoms with E-state index < -0.39 is 23.2 Å². The molecule has 2 aromatic heterocycles. The molecule has 3 N–H and O–H groups in total. The summed E-state index contributed by atoms with van der Waals surface area (Å²) in [7, 11) is 0. The predicted molar refractivity (Wildman–Crippen MR) is 92.9 cm³/mol. The Labute approximate surface area is 156 Å². The van der Waals surface area contributed by atoms with E-state index in [4.69, 9.17) is 5.73 Å². The van der Waals surface area contributed by atoms with E-state index in [0.717, 1.165) is 4.68 Å². The van der Waals surface area contributed by atoms with Gasteiger partial charge in [-0.25, -0.2) is 14.9 Å². The lowest BCUT2D eigenvalue weighted by molar-refractivity contribution is -0.140. The van der Waals surface area contributed by atoms with Gasteiger partial charge in [0.15, 0.2) is 5.69 Å². The lowest BCUT2D eigenvalue weighted by Crippen LogP contribution is -2.17. The molecule has 26 heavy (non-hydrogen) atoms. The Bertz CT molecular complexity index is 1000. The number of halogens is 4. The van der Waals surface area contributed by atoms with E-state index in [1.165, 1.54) is 23.9 Å². The number of alkyl halides is 3. The van der Waals surface area contributed by atoms with E-state index >= 15 is 0 Å². The van der Waals surface area contributed by atoms with Crippen molar-refractivity contribution in [2.45, 2.75) is 16.8 Å². The Morgan fingerprint density at radius 1 is 1.27 bits per heavy atom. The van der Waals surface area contributed by atoms with Crippen molar-refractivity contribution in [1.82, 2.24) is 25.2 Å². The number of hydrogen-bond acceptors (Lipinski definition) is 6. The Morgan fingerprint density at radius 3 is 2.69 bits per heavy atom. The van der Waals surface area contributed by atoms with Gasteiger partial charge in [0.05, 0.1) is 17.1 Å². The summed E-state index contributed by atoms with van der Waals surface area (Å²) in [5, 5.41) is 9.31. The molecule has 0 saturated heterocycles. The average molecular weight is 447 g/mol. The highest BCUT2D eigenvalue weighted by Crippen LogP contribution is 2.36. The van der Waals surface area contributed by atoms with E-state index in [2.05, 4.69) is 36.4 Å². The van der Waals surface area contributed by atoms with Gasteiger partial charge >= 0.3 is 11.9 Å². The maximum Gasteiger partial charge on any atom is 0.435 e. The molecule has 12 heteroatoms. The summed E-state index contributed by atoms with van der Waals surface area (Å²) >= 11 is 4.57. The standard InChI is InChI=1S/C14H10BrF3N6OS/c15-8-2-1-3-10(24-13(25)21-22-23-24)11(8)26-6-7-4-5-9(19)12(20-7)14(16,17)18/h1-5H,6,19H2,(H,21,23,25). The average Bonchev–Trinajstić information content (AvgIpc) is 2.99. The van der Waals surface area contributed by atoms with E-state index in [1.807, 2.05) is 0 Å². The topological polar surface area (TPSA) is 102 Å². The molecule has 3 aromatic rings. The number of H-pyrrole nitrogens is 1. The van der Waals surface area contributed by atoms with Crippen LogP contribution in [0.4, 0.5) is 18.9 Å². The highest BCUT2D eigenvalue weighted by atomic mass is 79.9. The number of nitrogens with two attached hydrogens (primary N) is 1. The molecule has 0 fully saturated rings. The number of nitrogens with zero attached hydrogens (tertiary/aromatic N) is 4. The molecule has 2 heterocycles. The summed E-state index contributed by atoms with van der Waals surface area (Å²) in [4.78, 5) is 16.0. The summed E-state index contributed by atoms with van der Waals surface area (Å²) in [5.74, 6) is 0.131. The van der Waals surface area contributed by atoms with Crippen LogP contribution in [0.15, 0.2) is 44.5 Å². The third-order valence-electron chi connectivity index (χ3n) is 3.26. The van der Waals surface area contributed by atoms with Gasteiger partial charge in [-0.15, -0.1) is 11.8 Å². The van der Waals surface area contributed by atoms with Gasteiger partial charge in [-0.3, -0.25) is 0 Å². The number of thioether (sulfide) groups is 1. The minimum absolute atomic E-state index is 0.131. The van der Waals surface area contributed by atoms with Gasteiger partial charge in [-0.05, 0) is 50.6 Å². The van der Waals surface area contributed by atoms with Crippen LogP contribution in [0, 0.1) is 0 Å². The van der Waals surface area contributed by atoms with Gasteiger partial charge in [0.25, 0.3) is 0 Å². The Hall–Kier alpha value is -2.34. The van der Waals surface area contributed by atoms with Crippen LogP contribution in [0.2, 0.25) is 0 Å². The third-order valence-corrected chi connectivity index (χ3v) is 5.34. The minimum Gasteiger partial charge on any atom is -0.397 e. The van der Waals surface area contributed by atoms with Crippen molar-refractivity contribution >= 4 is 33.4 Å². The first-order chi connectivity index (χ1) is 12.3. The van der Waals surface area contributed by atoms with E-state index in [0.29, 0.717) is 15.1 Å². The molecule has 0 aliphatic rings. The highest BCUT2D eigenvalue weighted by Gasteiger charge is 2.35. The lowest BCUT2D eigenvalue weighted by atomic mass is 10.2. The SMILES string of the molecule is Nc1ccc(CSc2c(Br)cccc2-n2nn[nH]c2=O)nc1C(F)(F)F. The molecule has 0 atom stereocenters. The molecule has 0 bridgehead atoms. The summed E-state index contributed by atoms with van der Waals surface area (Å²) in [6.07, 6.45) is -4.63. The first-order valence-electron chi connectivity index (χ1n) is 7.02. The number of nitrogen functional groups attached to an aromatic ring is 1. The van der Waals surface area contributed by atoms with Crippen molar-refractivity contribution in [1.29, 1.82) is 0 Å². The van der Waals surface area contributed by atoms with Crippen LogP contribution in [-0.2, 0) is 11.9 Å². The minimum atomic E-state index is -4.63. The van der Waals surface area contributed by atoms with Gasteiger partial charge in [-0.1, -0.05) is 6.07 Å². The fourth-order valence-corrected chi connectivity index (χ4v) is 3.79. The molecule has 0 aliphatic carbocycles. The normalized spacial score (nSPS) is 11.7. The van der Waals surface area contributed by atoms with E-state index in [9.17, 15) is 18.0 Å². The molecular formula is C14H10BrF3N6OS. The summed E-state index contributed by atoms with van der Waals surface area (Å²) < 4.78 is 40.5. The molecule has 0 unspecified atom stereocenters. The number of aromatic nitrogens is 5. The van der Waals surface area contributed by atoms with Crippen molar-refractivity contribution < 1.29 is 13.2 Å². The van der Waals surface area contributed by atoms with Gasteiger partial charge in [0.1, 0.15) is 0 Å².